The predicted molar refractivity (Wildman–Crippen MR) is 77.4 cm³/mol. The van der Waals surface area contributed by atoms with Gasteiger partial charge in [-0.2, -0.15) is 0 Å². The van der Waals surface area contributed by atoms with Gasteiger partial charge in [-0.3, -0.25) is 4.79 Å². The minimum Gasteiger partial charge on any atom is -0.326 e. The molecule has 1 heterocycles. The van der Waals surface area contributed by atoms with Gasteiger partial charge in [0.1, 0.15) is 5.82 Å². The van der Waals surface area contributed by atoms with Crippen LogP contribution < -0.4 is 5.32 Å². The summed E-state index contributed by atoms with van der Waals surface area (Å²) in [7, 11) is 0. The first kappa shape index (κ1) is 12.9. The zero-order valence-corrected chi connectivity index (χ0v) is 11.5. The summed E-state index contributed by atoms with van der Waals surface area (Å²) in [6, 6.07) is 10.6. The third kappa shape index (κ3) is 2.20. The van der Waals surface area contributed by atoms with E-state index in [1.165, 1.54) is 17.7 Å². The summed E-state index contributed by atoms with van der Waals surface area (Å²) in [6.45, 7) is 4.09. The number of fused-ring (bicyclic) bond motifs is 1. The van der Waals surface area contributed by atoms with E-state index >= 15 is 0 Å². The predicted octanol–water partition coefficient (Wildman–Crippen LogP) is 3.92. The second-order valence-corrected chi connectivity index (χ2v) is 5.38. The van der Waals surface area contributed by atoms with Crippen molar-refractivity contribution in [3.05, 3.63) is 64.5 Å². The number of hydrogen-bond acceptors (Lipinski definition) is 1. The highest BCUT2D eigenvalue weighted by molar-refractivity contribution is 5.95. The molecule has 0 aliphatic carbocycles. The van der Waals surface area contributed by atoms with Crippen LogP contribution in [-0.2, 0) is 4.79 Å². The lowest BCUT2D eigenvalue weighted by molar-refractivity contribution is -0.116. The number of rotatable bonds is 1. The summed E-state index contributed by atoms with van der Waals surface area (Å²) >= 11 is 0. The number of benzene rings is 2. The molecule has 0 unspecified atom stereocenters. The Balaban J connectivity index is 2.12. The molecule has 2 aromatic rings. The number of halogens is 1. The highest BCUT2D eigenvalue weighted by Gasteiger charge is 2.26. The summed E-state index contributed by atoms with van der Waals surface area (Å²) in [6.07, 6.45) is 0.404. The van der Waals surface area contributed by atoms with Gasteiger partial charge in [-0.25, -0.2) is 4.39 Å². The van der Waals surface area contributed by atoms with Crippen LogP contribution >= 0.6 is 0 Å². The van der Waals surface area contributed by atoms with Crippen LogP contribution in [0.1, 0.15) is 34.6 Å². The largest absolute Gasteiger partial charge is 0.326 e. The molecule has 3 rings (SSSR count). The minimum atomic E-state index is -0.255. The van der Waals surface area contributed by atoms with Crippen molar-refractivity contribution in [3.8, 4) is 0 Å². The summed E-state index contributed by atoms with van der Waals surface area (Å²) in [5.74, 6) is -0.247. The maximum atomic E-state index is 13.1. The van der Waals surface area contributed by atoms with Crippen molar-refractivity contribution in [2.75, 3.05) is 5.32 Å². The molecule has 1 aliphatic rings. The molecule has 2 aromatic carbocycles. The first-order valence-electron chi connectivity index (χ1n) is 6.71. The van der Waals surface area contributed by atoms with Crippen LogP contribution in [-0.4, -0.2) is 5.91 Å². The molecular weight excluding hydrogens is 253 g/mol. The Kier molecular flexibility index (Phi) is 3.05. The maximum absolute atomic E-state index is 13.1. The lowest BCUT2D eigenvalue weighted by Gasteiger charge is -2.27. The fourth-order valence-electron chi connectivity index (χ4n) is 2.72. The molecule has 20 heavy (non-hydrogen) atoms. The van der Waals surface area contributed by atoms with E-state index in [-0.39, 0.29) is 17.6 Å². The smallest absolute Gasteiger partial charge is 0.225 e. The summed E-state index contributed by atoms with van der Waals surface area (Å²) in [4.78, 5) is 11.9. The standard InChI is InChI=1S/C17H16FNO/c1-10-7-15-14(12-3-5-13(18)6-4-12)9-17(20)19-16(15)8-11(10)2/h3-8,14H,9H2,1-2H3,(H,19,20)/t14-/m0/s1. The number of amides is 1. The Labute approximate surface area is 117 Å². The Bertz CT molecular complexity index is 676. The fourth-order valence-corrected chi connectivity index (χ4v) is 2.72. The molecule has 1 atom stereocenters. The van der Waals surface area contributed by atoms with E-state index in [1.807, 2.05) is 13.0 Å². The van der Waals surface area contributed by atoms with Crippen LogP contribution in [0, 0.1) is 19.7 Å². The zero-order chi connectivity index (χ0) is 14.3. The quantitative estimate of drug-likeness (QED) is 0.835. The van der Waals surface area contributed by atoms with Gasteiger partial charge < -0.3 is 5.32 Å². The molecule has 0 aromatic heterocycles. The van der Waals surface area contributed by atoms with Crippen molar-refractivity contribution in [2.45, 2.75) is 26.2 Å². The van der Waals surface area contributed by atoms with E-state index in [4.69, 9.17) is 0 Å². The lowest BCUT2D eigenvalue weighted by Crippen LogP contribution is -2.23. The van der Waals surface area contributed by atoms with Gasteiger partial charge in [0.05, 0.1) is 0 Å². The Morgan fingerprint density at radius 1 is 1.10 bits per heavy atom. The van der Waals surface area contributed by atoms with Crippen LogP contribution in [0.15, 0.2) is 36.4 Å². The second kappa shape index (κ2) is 4.75. The molecule has 0 bridgehead atoms. The first-order chi connectivity index (χ1) is 9.54. The van der Waals surface area contributed by atoms with Crippen molar-refractivity contribution in [1.82, 2.24) is 0 Å². The van der Waals surface area contributed by atoms with Gasteiger partial charge in [-0.05, 0) is 54.3 Å². The summed E-state index contributed by atoms with van der Waals surface area (Å²) in [5, 5.41) is 2.93. The minimum absolute atomic E-state index is 0.00125. The number of anilines is 1. The van der Waals surface area contributed by atoms with Crippen LogP contribution in [0.5, 0.6) is 0 Å². The molecule has 0 saturated heterocycles. The van der Waals surface area contributed by atoms with Gasteiger partial charge in [-0.1, -0.05) is 18.2 Å². The highest BCUT2D eigenvalue weighted by atomic mass is 19.1. The van der Waals surface area contributed by atoms with E-state index in [0.717, 1.165) is 22.4 Å². The van der Waals surface area contributed by atoms with Crippen molar-refractivity contribution in [2.24, 2.45) is 0 Å². The lowest BCUT2D eigenvalue weighted by atomic mass is 9.83. The number of carbonyl (C=O) groups is 1. The second-order valence-electron chi connectivity index (χ2n) is 5.38. The molecular formula is C17H16FNO. The molecule has 3 heteroatoms. The number of hydrogen-bond donors (Lipinski definition) is 1. The molecule has 2 nitrogen and oxygen atoms in total. The third-order valence-corrected chi connectivity index (χ3v) is 3.98. The average Bonchev–Trinajstić information content (AvgIpc) is 2.41. The normalized spacial score (nSPS) is 17.6. The van der Waals surface area contributed by atoms with Gasteiger partial charge in [-0.15, -0.1) is 0 Å². The number of aryl methyl sites for hydroxylation is 2. The van der Waals surface area contributed by atoms with Gasteiger partial charge in [0.15, 0.2) is 0 Å². The van der Waals surface area contributed by atoms with Gasteiger partial charge >= 0.3 is 0 Å². The molecule has 0 saturated carbocycles. The van der Waals surface area contributed by atoms with Crippen LogP contribution in [0.4, 0.5) is 10.1 Å². The van der Waals surface area contributed by atoms with E-state index in [9.17, 15) is 9.18 Å². The zero-order valence-electron chi connectivity index (χ0n) is 11.5. The number of nitrogens with one attached hydrogen (secondary N) is 1. The van der Waals surface area contributed by atoms with Crippen LogP contribution in [0.3, 0.4) is 0 Å². The monoisotopic (exact) mass is 269 g/mol. The Morgan fingerprint density at radius 2 is 1.75 bits per heavy atom. The van der Waals surface area contributed by atoms with E-state index in [2.05, 4.69) is 18.3 Å². The maximum Gasteiger partial charge on any atom is 0.225 e. The molecule has 102 valence electrons. The van der Waals surface area contributed by atoms with E-state index in [0.29, 0.717) is 6.42 Å². The van der Waals surface area contributed by atoms with E-state index < -0.39 is 0 Å². The molecule has 0 fully saturated rings. The van der Waals surface area contributed by atoms with Crippen LogP contribution in [0.25, 0.3) is 0 Å². The fraction of sp³-hybridized carbons (Fsp3) is 0.235. The molecule has 1 amide bonds. The van der Waals surface area contributed by atoms with Crippen molar-refractivity contribution in [1.29, 1.82) is 0 Å². The molecule has 1 aliphatic heterocycles. The average molecular weight is 269 g/mol. The highest BCUT2D eigenvalue weighted by Crippen LogP contribution is 2.38. The Hall–Kier alpha value is -2.16. The van der Waals surface area contributed by atoms with Crippen molar-refractivity contribution >= 4 is 11.6 Å². The molecule has 1 N–H and O–H groups in total. The van der Waals surface area contributed by atoms with Crippen molar-refractivity contribution in [3.63, 3.8) is 0 Å². The van der Waals surface area contributed by atoms with Crippen molar-refractivity contribution < 1.29 is 9.18 Å². The molecule has 0 spiro atoms. The van der Waals surface area contributed by atoms with Gasteiger partial charge in [0, 0.05) is 18.0 Å². The SMILES string of the molecule is Cc1cc2c(cc1C)[C@H](c1ccc(F)cc1)CC(=O)N2. The Morgan fingerprint density at radius 3 is 2.45 bits per heavy atom. The van der Waals surface area contributed by atoms with E-state index in [1.54, 1.807) is 12.1 Å². The topological polar surface area (TPSA) is 29.1 Å². The summed E-state index contributed by atoms with van der Waals surface area (Å²) in [5.41, 5.74) is 5.32. The van der Waals surface area contributed by atoms with Crippen LogP contribution in [0.2, 0.25) is 0 Å². The van der Waals surface area contributed by atoms with Gasteiger partial charge in [0.2, 0.25) is 5.91 Å². The summed E-state index contributed by atoms with van der Waals surface area (Å²) < 4.78 is 13.1. The van der Waals surface area contributed by atoms with Gasteiger partial charge in [0.25, 0.3) is 0 Å². The first-order valence-corrected chi connectivity index (χ1v) is 6.71. The molecule has 0 radical (unpaired) electrons. The third-order valence-electron chi connectivity index (χ3n) is 3.98. The number of carbonyl (C=O) groups excluding carboxylic acids is 1.